The highest BCUT2D eigenvalue weighted by atomic mass is 16.4. The second-order valence-electron chi connectivity index (χ2n) is 4.96. The van der Waals surface area contributed by atoms with Crippen LogP contribution in [0.4, 0.5) is 0 Å². The molecule has 5 heteroatoms. The van der Waals surface area contributed by atoms with E-state index in [1.165, 1.54) is 11.8 Å². The van der Waals surface area contributed by atoms with Crippen LogP contribution in [0.5, 0.6) is 0 Å². The molecular weight excluding hydrogens is 244 g/mol. The molecule has 0 heterocycles. The molecule has 0 rings (SSSR count). The van der Waals surface area contributed by atoms with E-state index in [-0.39, 0.29) is 5.91 Å². The molecule has 0 aliphatic carbocycles. The van der Waals surface area contributed by atoms with Gasteiger partial charge in [-0.2, -0.15) is 0 Å². The molecule has 0 radical (unpaired) electrons. The minimum Gasteiger partial charge on any atom is -0.480 e. The third kappa shape index (κ3) is 7.15. The van der Waals surface area contributed by atoms with Gasteiger partial charge in [0.05, 0.1) is 0 Å². The first kappa shape index (κ1) is 17.9. The van der Waals surface area contributed by atoms with Gasteiger partial charge in [-0.05, 0) is 45.8 Å². The quantitative estimate of drug-likeness (QED) is 0.659. The van der Waals surface area contributed by atoms with Gasteiger partial charge in [0.15, 0.2) is 0 Å². The lowest BCUT2D eigenvalue weighted by Crippen LogP contribution is -2.40. The Balaban J connectivity index is 4.04. The molecule has 1 unspecified atom stereocenters. The Labute approximate surface area is 116 Å². The smallest absolute Gasteiger partial charge is 0.326 e. The Morgan fingerprint density at radius 3 is 2.05 bits per heavy atom. The summed E-state index contributed by atoms with van der Waals surface area (Å²) in [6.45, 7) is 8.85. The summed E-state index contributed by atoms with van der Waals surface area (Å²) < 4.78 is 0. The number of carboxylic acids is 1. The maximum absolute atomic E-state index is 11.8. The monoisotopic (exact) mass is 272 g/mol. The number of carbonyl (C=O) groups excluding carboxylic acids is 1. The highest BCUT2D eigenvalue weighted by Crippen LogP contribution is 2.04. The Morgan fingerprint density at radius 1 is 1.11 bits per heavy atom. The Hall–Kier alpha value is -1.10. The van der Waals surface area contributed by atoms with Gasteiger partial charge >= 0.3 is 5.97 Å². The van der Waals surface area contributed by atoms with Crippen LogP contribution >= 0.6 is 0 Å². The van der Waals surface area contributed by atoms with Crippen LogP contribution in [0.15, 0.2) is 0 Å². The minimum absolute atomic E-state index is 0.0946. The summed E-state index contributed by atoms with van der Waals surface area (Å²) in [6, 6.07) is -0.755. The maximum atomic E-state index is 11.8. The Kier molecular flexibility index (Phi) is 9.21. The third-order valence-corrected chi connectivity index (χ3v) is 3.28. The summed E-state index contributed by atoms with van der Waals surface area (Å²) in [6.07, 6.45) is 3.43. The average Bonchev–Trinajstić information content (AvgIpc) is 2.37. The molecule has 0 aliphatic heterocycles. The maximum Gasteiger partial charge on any atom is 0.326 e. The van der Waals surface area contributed by atoms with Gasteiger partial charge in [-0.3, -0.25) is 4.79 Å². The summed E-state index contributed by atoms with van der Waals surface area (Å²) >= 11 is 0. The Morgan fingerprint density at radius 2 is 1.63 bits per heavy atom. The molecule has 0 fully saturated rings. The summed E-state index contributed by atoms with van der Waals surface area (Å²) in [5.41, 5.74) is 0. The van der Waals surface area contributed by atoms with E-state index < -0.39 is 12.0 Å². The van der Waals surface area contributed by atoms with Gasteiger partial charge in [0.25, 0.3) is 0 Å². The number of carbonyl (C=O) groups is 2. The van der Waals surface area contributed by atoms with Gasteiger partial charge in [0.2, 0.25) is 5.91 Å². The number of hydrogen-bond donors (Lipinski definition) is 1. The van der Waals surface area contributed by atoms with Crippen molar-refractivity contribution < 1.29 is 14.7 Å². The SMILES string of the molecule is CCCN(CCC)CCCC(=O)N(C)C(C)C(=O)O. The highest BCUT2D eigenvalue weighted by molar-refractivity contribution is 5.83. The molecule has 0 saturated heterocycles. The van der Waals surface area contributed by atoms with Gasteiger partial charge in [-0.25, -0.2) is 4.79 Å². The lowest BCUT2D eigenvalue weighted by atomic mass is 10.2. The van der Waals surface area contributed by atoms with E-state index in [0.29, 0.717) is 6.42 Å². The van der Waals surface area contributed by atoms with Crippen LogP contribution < -0.4 is 0 Å². The lowest BCUT2D eigenvalue weighted by Gasteiger charge is -2.23. The summed E-state index contributed by atoms with van der Waals surface area (Å²) in [7, 11) is 1.55. The Bertz CT molecular complexity index is 276. The van der Waals surface area contributed by atoms with Crippen LogP contribution in [0.2, 0.25) is 0 Å². The molecule has 0 aromatic heterocycles. The molecule has 0 aromatic rings. The van der Waals surface area contributed by atoms with Crippen LogP contribution in [0.1, 0.15) is 46.5 Å². The molecule has 112 valence electrons. The van der Waals surface area contributed by atoms with E-state index in [4.69, 9.17) is 5.11 Å². The standard InChI is InChI=1S/C14H28N2O3/c1-5-9-16(10-6-2)11-7-8-13(17)15(4)12(3)14(18)19/h12H,5-11H2,1-4H3,(H,18,19). The van der Waals surface area contributed by atoms with Crippen molar-refractivity contribution in [2.45, 2.75) is 52.5 Å². The van der Waals surface area contributed by atoms with Crippen molar-refractivity contribution in [3.05, 3.63) is 0 Å². The molecule has 19 heavy (non-hydrogen) atoms. The van der Waals surface area contributed by atoms with E-state index in [2.05, 4.69) is 18.7 Å². The highest BCUT2D eigenvalue weighted by Gasteiger charge is 2.21. The number of hydrogen-bond acceptors (Lipinski definition) is 3. The second kappa shape index (κ2) is 9.78. The van der Waals surface area contributed by atoms with Crippen LogP contribution in [0.25, 0.3) is 0 Å². The predicted molar refractivity (Wildman–Crippen MR) is 76.1 cm³/mol. The molecule has 0 aliphatic rings. The molecule has 0 saturated carbocycles. The predicted octanol–water partition coefficient (Wildman–Crippen LogP) is 1.82. The lowest BCUT2D eigenvalue weighted by molar-refractivity contribution is -0.148. The number of likely N-dealkylation sites (N-methyl/N-ethyl adjacent to an activating group) is 1. The normalized spacial score (nSPS) is 12.5. The average molecular weight is 272 g/mol. The summed E-state index contributed by atoms with van der Waals surface area (Å²) in [5, 5.41) is 8.85. The zero-order valence-electron chi connectivity index (χ0n) is 12.7. The van der Waals surface area contributed by atoms with E-state index in [1.807, 2.05) is 0 Å². The number of carboxylic acid groups (broad SMARTS) is 1. The molecular formula is C14H28N2O3. The van der Waals surface area contributed by atoms with Crippen LogP contribution in [-0.4, -0.2) is 59.5 Å². The fourth-order valence-corrected chi connectivity index (χ4v) is 1.98. The fraction of sp³-hybridized carbons (Fsp3) is 0.857. The first-order chi connectivity index (χ1) is 8.93. The summed E-state index contributed by atoms with van der Waals surface area (Å²) in [5.74, 6) is -1.06. The first-order valence-corrected chi connectivity index (χ1v) is 7.14. The number of nitrogens with zero attached hydrogens (tertiary/aromatic N) is 2. The van der Waals surface area contributed by atoms with Crippen LogP contribution in [-0.2, 0) is 9.59 Å². The van der Waals surface area contributed by atoms with Gasteiger partial charge in [-0.1, -0.05) is 13.8 Å². The van der Waals surface area contributed by atoms with E-state index in [9.17, 15) is 9.59 Å². The number of amides is 1. The molecule has 0 aromatic carbocycles. The second-order valence-corrected chi connectivity index (χ2v) is 4.96. The van der Waals surface area contributed by atoms with E-state index in [1.54, 1.807) is 7.05 Å². The fourth-order valence-electron chi connectivity index (χ4n) is 1.98. The zero-order chi connectivity index (χ0) is 14.8. The molecule has 0 bridgehead atoms. The van der Waals surface area contributed by atoms with Gasteiger partial charge < -0.3 is 14.9 Å². The molecule has 1 atom stereocenters. The summed E-state index contributed by atoms with van der Waals surface area (Å²) in [4.78, 5) is 26.3. The topological polar surface area (TPSA) is 60.9 Å². The third-order valence-electron chi connectivity index (χ3n) is 3.28. The van der Waals surface area contributed by atoms with Crippen molar-refractivity contribution in [1.82, 2.24) is 9.80 Å². The van der Waals surface area contributed by atoms with E-state index >= 15 is 0 Å². The van der Waals surface area contributed by atoms with Crippen molar-refractivity contribution in [2.75, 3.05) is 26.7 Å². The van der Waals surface area contributed by atoms with Gasteiger partial charge in [0, 0.05) is 13.5 Å². The van der Waals surface area contributed by atoms with Crippen molar-refractivity contribution >= 4 is 11.9 Å². The van der Waals surface area contributed by atoms with Crippen molar-refractivity contribution in [3.8, 4) is 0 Å². The van der Waals surface area contributed by atoms with E-state index in [0.717, 1.165) is 38.9 Å². The van der Waals surface area contributed by atoms with Crippen LogP contribution in [0, 0.1) is 0 Å². The van der Waals surface area contributed by atoms with Gasteiger partial charge in [0.1, 0.15) is 6.04 Å². The minimum atomic E-state index is -0.963. The van der Waals surface area contributed by atoms with Crippen molar-refractivity contribution in [1.29, 1.82) is 0 Å². The zero-order valence-corrected chi connectivity index (χ0v) is 12.7. The van der Waals surface area contributed by atoms with Crippen molar-refractivity contribution in [2.24, 2.45) is 0 Å². The van der Waals surface area contributed by atoms with Crippen LogP contribution in [0.3, 0.4) is 0 Å². The number of aliphatic carboxylic acids is 1. The number of rotatable bonds is 10. The molecule has 1 N–H and O–H groups in total. The largest absolute Gasteiger partial charge is 0.480 e. The molecule has 5 nitrogen and oxygen atoms in total. The first-order valence-electron chi connectivity index (χ1n) is 7.14. The van der Waals surface area contributed by atoms with Crippen molar-refractivity contribution in [3.63, 3.8) is 0 Å². The molecule has 1 amide bonds. The van der Waals surface area contributed by atoms with Gasteiger partial charge in [-0.15, -0.1) is 0 Å². The molecule has 0 spiro atoms.